The third-order valence-corrected chi connectivity index (χ3v) is 7.79. The van der Waals surface area contributed by atoms with Crippen LogP contribution in [0.5, 0.6) is 0 Å². The van der Waals surface area contributed by atoms with E-state index in [1.165, 1.54) is 10.9 Å². The molecular weight excluding hydrogens is 710 g/mol. The molecule has 216 valence electrons. The normalized spacial score (nSPS) is 12.0. The molecule has 4 heterocycles. The SMILES string of the molecule is CC(C)Cc1cc(-c2[c-]c(-n3c4ccccc4c4cccnc43)ccc2)nc(-c2cccc3c(C(C)(C)C)n[n-]c23)c1.[Pt+2]. The van der Waals surface area contributed by atoms with Gasteiger partial charge in [0, 0.05) is 28.1 Å². The summed E-state index contributed by atoms with van der Waals surface area (Å²) >= 11 is 0. The summed E-state index contributed by atoms with van der Waals surface area (Å²) in [4.78, 5) is 9.99. The Bertz CT molecular complexity index is 2040. The predicted molar refractivity (Wildman–Crippen MR) is 172 cm³/mol. The predicted octanol–water partition coefficient (Wildman–Crippen LogP) is 8.71. The fraction of sp³-hybridized carbons (Fsp3) is 0.216. The van der Waals surface area contributed by atoms with Crippen LogP contribution in [0.15, 0.2) is 91.1 Å². The standard InChI is InChI=1S/C37H33N5.Pt/c1-23(2)19-24-20-31(39-32(21-24)29-14-9-15-30-34(29)40-41-35(30)37(3,4)5)25-11-8-12-26(22-25)42-33-17-7-6-13-27(33)28-16-10-18-38-36(28)42;/h6-18,20-21,23H,19H2,1-5H3;/q-2;+2. The summed E-state index contributed by atoms with van der Waals surface area (Å²) in [6.07, 6.45) is 2.80. The quantitative estimate of drug-likeness (QED) is 0.166. The van der Waals surface area contributed by atoms with Gasteiger partial charge in [-0.3, -0.25) is 4.98 Å². The summed E-state index contributed by atoms with van der Waals surface area (Å²) in [5, 5.41) is 12.6. The molecule has 5 nitrogen and oxygen atoms in total. The molecule has 0 aliphatic carbocycles. The van der Waals surface area contributed by atoms with E-state index in [0.29, 0.717) is 5.92 Å². The number of hydrogen-bond donors (Lipinski definition) is 0. The van der Waals surface area contributed by atoms with Crippen LogP contribution in [0.4, 0.5) is 0 Å². The molecule has 43 heavy (non-hydrogen) atoms. The van der Waals surface area contributed by atoms with E-state index in [9.17, 15) is 0 Å². The summed E-state index contributed by atoms with van der Waals surface area (Å²) < 4.78 is 2.20. The zero-order valence-electron chi connectivity index (χ0n) is 25.0. The Morgan fingerprint density at radius 3 is 2.40 bits per heavy atom. The van der Waals surface area contributed by atoms with Crippen LogP contribution in [0.25, 0.3) is 61.0 Å². The van der Waals surface area contributed by atoms with E-state index in [4.69, 9.17) is 9.97 Å². The topological polar surface area (TPSA) is 57.7 Å². The first-order valence-corrected chi connectivity index (χ1v) is 14.6. The number of benzene rings is 3. The second-order valence-electron chi connectivity index (χ2n) is 12.5. The number of hydrogen-bond acceptors (Lipinski definition) is 3. The number of nitrogens with zero attached hydrogens (tertiary/aromatic N) is 5. The summed E-state index contributed by atoms with van der Waals surface area (Å²) in [5.41, 5.74) is 9.78. The molecule has 0 unspecified atom stereocenters. The van der Waals surface area contributed by atoms with Gasteiger partial charge in [0.1, 0.15) is 5.65 Å². The second-order valence-corrected chi connectivity index (χ2v) is 12.5. The first-order valence-electron chi connectivity index (χ1n) is 14.6. The molecule has 0 saturated carbocycles. The molecule has 7 aromatic rings. The molecule has 0 spiro atoms. The van der Waals surface area contributed by atoms with E-state index in [1.54, 1.807) is 0 Å². The van der Waals surface area contributed by atoms with Crippen molar-refractivity contribution in [2.75, 3.05) is 0 Å². The molecule has 0 radical (unpaired) electrons. The largest absolute Gasteiger partial charge is 2.00 e. The Hall–Kier alpha value is -4.08. The van der Waals surface area contributed by atoms with Crippen molar-refractivity contribution >= 4 is 32.8 Å². The van der Waals surface area contributed by atoms with Crippen molar-refractivity contribution in [1.82, 2.24) is 24.7 Å². The number of para-hydroxylation sites is 1. The van der Waals surface area contributed by atoms with Crippen LogP contribution in [-0.2, 0) is 32.9 Å². The molecule has 0 bridgehead atoms. The van der Waals surface area contributed by atoms with Gasteiger partial charge in [-0.1, -0.05) is 82.6 Å². The molecule has 6 heteroatoms. The fourth-order valence-corrected chi connectivity index (χ4v) is 5.99. The fourth-order valence-electron chi connectivity index (χ4n) is 5.99. The van der Waals surface area contributed by atoms with Gasteiger partial charge in [-0.25, -0.2) is 4.98 Å². The molecule has 4 aromatic heterocycles. The van der Waals surface area contributed by atoms with E-state index in [0.717, 1.165) is 67.8 Å². The van der Waals surface area contributed by atoms with Gasteiger partial charge in [0.15, 0.2) is 0 Å². The summed E-state index contributed by atoms with van der Waals surface area (Å²) in [6, 6.07) is 33.3. The molecule has 7 rings (SSSR count). The molecule has 0 aliphatic heterocycles. The van der Waals surface area contributed by atoms with Crippen LogP contribution < -0.4 is 5.10 Å². The number of fused-ring (bicyclic) bond motifs is 4. The second kappa shape index (κ2) is 11.2. The van der Waals surface area contributed by atoms with Crippen LogP contribution in [0, 0.1) is 12.0 Å². The van der Waals surface area contributed by atoms with Crippen molar-refractivity contribution in [3.8, 4) is 28.2 Å². The number of pyridine rings is 2. The van der Waals surface area contributed by atoms with E-state index >= 15 is 0 Å². The Labute approximate surface area is 266 Å². The zero-order valence-corrected chi connectivity index (χ0v) is 27.3. The maximum absolute atomic E-state index is 5.23. The first kappa shape index (κ1) is 29.0. The van der Waals surface area contributed by atoms with Crippen LogP contribution in [0.2, 0.25) is 0 Å². The van der Waals surface area contributed by atoms with Gasteiger partial charge in [0.2, 0.25) is 0 Å². The minimum Gasteiger partial charge on any atom is -0.574 e. The van der Waals surface area contributed by atoms with E-state index < -0.39 is 0 Å². The number of rotatable bonds is 5. The molecular formula is C37H33N5Pt. The average molecular weight is 743 g/mol. The van der Waals surface area contributed by atoms with Crippen molar-refractivity contribution in [1.29, 1.82) is 0 Å². The summed E-state index contributed by atoms with van der Waals surface area (Å²) in [6.45, 7) is 11.0. The van der Waals surface area contributed by atoms with Gasteiger partial charge in [-0.15, -0.1) is 35.3 Å². The zero-order chi connectivity index (χ0) is 29.0. The van der Waals surface area contributed by atoms with Crippen LogP contribution in [0.1, 0.15) is 45.9 Å². The molecule has 3 aromatic carbocycles. The van der Waals surface area contributed by atoms with Gasteiger partial charge in [0.05, 0.1) is 11.2 Å². The van der Waals surface area contributed by atoms with Crippen LogP contribution in [0.3, 0.4) is 0 Å². The Balaban J connectivity index is 0.00000329. The molecule has 0 atom stereocenters. The van der Waals surface area contributed by atoms with Gasteiger partial charge in [-0.2, -0.15) is 0 Å². The van der Waals surface area contributed by atoms with Crippen LogP contribution >= 0.6 is 0 Å². The van der Waals surface area contributed by atoms with Crippen molar-refractivity contribution in [3.63, 3.8) is 0 Å². The van der Waals surface area contributed by atoms with Crippen LogP contribution in [-0.4, -0.2) is 19.6 Å². The smallest absolute Gasteiger partial charge is 0.574 e. The number of aromatic nitrogens is 5. The maximum Gasteiger partial charge on any atom is 2.00 e. The third-order valence-electron chi connectivity index (χ3n) is 7.79. The van der Waals surface area contributed by atoms with Crippen molar-refractivity contribution in [3.05, 3.63) is 108 Å². The van der Waals surface area contributed by atoms with Crippen molar-refractivity contribution < 1.29 is 21.1 Å². The van der Waals surface area contributed by atoms with Gasteiger partial charge < -0.3 is 14.8 Å². The van der Waals surface area contributed by atoms with E-state index in [1.807, 2.05) is 12.3 Å². The van der Waals surface area contributed by atoms with Crippen molar-refractivity contribution in [2.45, 2.75) is 46.5 Å². The maximum atomic E-state index is 5.23. The molecule has 0 saturated heterocycles. The van der Waals surface area contributed by atoms with Gasteiger partial charge >= 0.3 is 21.1 Å². The summed E-state index contributed by atoms with van der Waals surface area (Å²) in [7, 11) is 0. The van der Waals surface area contributed by atoms with Gasteiger partial charge in [-0.05, 0) is 58.9 Å². The monoisotopic (exact) mass is 742 g/mol. The van der Waals surface area contributed by atoms with Crippen molar-refractivity contribution in [2.24, 2.45) is 5.92 Å². The Morgan fingerprint density at radius 1 is 0.837 bits per heavy atom. The summed E-state index contributed by atoms with van der Waals surface area (Å²) in [5.74, 6) is 0.508. The molecule has 0 aliphatic rings. The molecule has 0 fully saturated rings. The molecule has 0 N–H and O–H groups in total. The molecule has 0 amide bonds. The van der Waals surface area contributed by atoms with E-state index in [-0.39, 0.29) is 26.5 Å². The average Bonchev–Trinajstić information content (AvgIpc) is 3.57. The Morgan fingerprint density at radius 2 is 1.58 bits per heavy atom. The minimum absolute atomic E-state index is 0. The van der Waals surface area contributed by atoms with E-state index in [2.05, 4.69) is 134 Å². The van der Waals surface area contributed by atoms with Gasteiger partial charge in [0.25, 0.3) is 0 Å². The first-order chi connectivity index (χ1) is 20.3. The third kappa shape index (κ3) is 5.21. The minimum atomic E-state index is -0.0947. The Kier molecular flexibility index (Phi) is 7.56.